The van der Waals surface area contributed by atoms with Crippen LogP contribution in [0.1, 0.15) is 16.1 Å². The summed E-state index contributed by atoms with van der Waals surface area (Å²) in [6.45, 7) is 5.12. The zero-order chi connectivity index (χ0) is 21.0. The minimum atomic E-state index is -0.126. The molecule has 1 aliphatic rings. The van der Waals surface area contributed by atoms with Gasteiger partial charge in [0.1, 0.15) is 5.69 Å². The van der Waals surface area contributed by atoms with E-state index in [1.54, 1.807) is 0 Å². The van der Waals surface area contributed by atoms with Gasteiger partial charge in [-0.25, -0.2) is 0 Å². The SMILES string of the molecule is O=C(Nc1ccc(N2CCN(Cc3ccccc3)CC2)cc1)c1cc2ccccc2[nH]1. The van der Waals surface area contributed by atoms with Gasteiger partial charge in [0.15, 0.2) is 0 Å². The number of hydrogen-bond acceptors (Lipinski definition) is 3. The number of benzene rings is 3. The average molecular weight is 411 g/mol. The Bertz CT molecular complexity index is 1130. The molecule has 0 atom stereocenters. The molecular formula is C26H26N4O. The van der Waals surface area contributed by atoms with Gasteiger partial charge in [-0.3, -0.25) is 9.69 Å². The van der Waals surface area contributed by atoms with Crippen molar-refractivity contribution in [3.8, 4) is 0 Å². The summed E-state index contributed by atoms with van der Waals surface area (Å²) in [5.41, 5.74) is 4.90. The van der Waals surface area contributed by atoms with Crippen LogP contribution in [0.25, 0.3) is 10.9 Å². The monoisotopic (exact) mass is 410 g/mol. The van der Waals surface area contributed by atoms with E-state index < -0.39 is 0 Å². The van der Waals surface area contributed by atoms with Gasteiger partial charge >= 0.3 is 0 Å². The largest absolute Gasteiger partial charge is 0.369 e. The van der Waals surface area contributed by atoms with E-state index in [0.29, 0.717) is 5.69 Å². The molecule has 0 aliphatic carbocycles. The molecule has 5 nitrogen and oxygen atoms in total. The normalized spacial score (nSPS) is 14.6. The lowest BCUT2D eigenvalue weighted by Crippen LogP contribution is -2.45. The molecule has 1 amide bonds. The van der Waals surface area contributed by atoms with Crippen molar-refractivity contribution < 1.29 is 4.79 Å². The summed E-state index contributed by atoms with van der Waals surface area (Å²) >= 11 is 0. The summed E-state index contributed by atoms with van der Waals surface area (Å²) in [7, 11) is 0. The summed E-state index contributed by atoms with van der Waals surface area (Å²) < 4.78 is 0. The number of aromatic nitrogens is 1. The predicted molar refractivity (Wildman–Crippen MR) is 127 cm³/mol. The second kappa shape index (κ2) is 8.66. The number of nitrogens with zero attached hydrogens (tertiary/aromatic N) is 2. The van der Waals surface area contributed by atoms with Crippen molar-refractivity contribution in [1.82, 2.24) is 9.88 Å². The zero-order valence-corrected chi connectivity index (χ0v) is 17.4. The molecular weight excluding hydrogens is 384 g/mol. The van der Waals surface area contributed by atoms with Gasteiger partial charge in [-0.1, -0.05) is 48.5 Å². The molecule has 0 radical (unpaired) electrons. The van der Waals surface area contributed by atoms with Crippen LogP contribution in [0.15, 0.2) is 84.9 Å². The number of piperazine rings is 1. The maximum atomic E-state index is 12.6. The van der Waals surface area contributed by atoms with E-state index in [-0.39, 0.29) is 5.91 Å². The van der Waals surface area contributed by atoms with Gasteiger partial charge < -0.3 is 15.2 Å². The Morgan fingerprint density at radius 2 is 1.55 bits per heavy atom. The maximum Gasteiger partial charge on any atom is 0.272 e. The Kier molecular flexibility index (Phi) is 5.42. The molecule has 5 rings (SSSR count). The summed E-state index contributed by atoms with van der Waals surface area (Å²) in [5.74, 6) is -0.126. The number of carbonyl (C=O) groups excluding carboxylic acids is 1. The van der Waals surface area contributed by atoms with Crippen molar-refractivity contribution in [3.63, 3.8) is 0 Å². The molecule has 5 heteroatoms. The summed E-state index contributed by atoms with van der Waals surface area (Å²) in [4.78, 5) is 20.7. The smallest absolute Gasteiger partial charge is 0.272 e. The Morgan fingerprint density at radius 3 is 2.29 bits per heavy atom. The Balaban J connectivity index is 1.17. The van der Waals surface area contributed by atoms with Crippen molar-refractivity contribution >= 4 is 28.2 Å². The van der Waals surface area contributed by atoms with E-state index in [9.17, 15) is 4.79 Å². The molecule has 2 N–H and O–H groups in total. The first-order chi connectivity index (χ1) is 15.2. The van der Waals surface area contributed by atoms with E-state index in [1.807, 2.05) is 42.5 Å². The molecule has 0 bridgehead atoms. The summed E-state index contributed by atoms with van der Waals surface area (Å²) in [6, 6.07) is 28.6. The van der Waals surface area contributed by atoms with Crippen LogP contribution in [0.4, 0.5) is 11.4 Å². The van der Waals surface area contributed by atoms with Crippen LogP contribution in [0.5, 0.6) is 0 Å². The van der Waals surface area contributed by atoms with Gasteiger partial charge in [-0.2, -0.15) is 0 Å². The van der Waals surface area contributed by atoms with Crippen LogP contribution in [-0.4, -0.2) is 42.0 Å². The lowest BCUT2D eigenvalue weighted by atomic mass is 10.2. The number of H-pyrrole nitrogens is 1. The van der Waals surface area contributed by atoms with Crippen molar-refractivity contribution in [3.05, 3.63) is 96.2 Å². The number of hydrogen-bond donors (Lipinski definition) is 2. The van der Waals surface area contributed by atoms with Crippen molar-refractivity contribution in [1.29, 1.82) is 0 Å². The molecule has 156 valence electrons. The third-order valence-corrected chi connectivity index (χ3v) is 5.89. The first kappa shape index (κ1) is 19.4. The van der Waals surface area contributed by atoms with Crippen molar-refractivity contribution in [2.75, 3.05) is 36.4 Å². The maximum absolute atomic E-state index is 12.6. The quantitative estimate of drug-likeness (QED) is 0.500. The van der Waals surface area contributed by atoms with Crippen LogP contribution in [0, 0.1) is 0 Å². The Labute approximate surface area is 182 Å². The number of para-hydroxylation sites is 1. The molecule has 1 aliphatic heterocycles. The molecule has 0 unspecified atom stereocenters. The van der Waals surface area contributed by atoms with Gasteiger partial charge in [0.05, 0.1) is 0 Å². The summed E-state index contributed by atoms with van der Waals surface area (Å²) in [5, 5.41) is 4.02. The molecule has 4 aromatic rings. The van der Waals surface area contributed by atoms with Gasteiger partial charge in [-0.15, -0.1) is 0 Å². The lowest BCUT2D eigenvalue weighted by Gasteiger charge is -2.36. The summed E-state index contributed by atoms with van der Waals surface area (Å²) in [6.07, 6.45) is 0. The third kappa shape index (κ3) is 4.47. The van der Waals surface area contributed by atoms with E-state index in [1.165, 1.54) is 11.3 Å². The second-order valence-electron chi connectivity index (χ2n) is 8.02. The molecule has 31 heavy (non-hydrogen) atoms. The Morgan fingerprint density at radius 1 is 0.839 bits per heavy atom. The topological polar surface area (TPSA) is 51.4 Å². The van der Waals surface area contributed by atoms with Gasteiger partial charge in [0.2, 0.25) is 0 Å². The van der Waals surface area contributed by atoms with E-state index in [4.69, 9.17) is 0 Å². The number of fused-ring (bicyclic) bond motifs is 1. The van der Waals surface area contributed by atoms with Crippen molar-refractivity contribution in [2.45, 2.75) is 6.54 Å². The van der Waals surface area contributed by atoms with E-state index >= 15 is 0 Å². The number of amides is 1. The Hall–Kier alpha value is -3.57. The van der Waals surface area contributed by atoms with Gasteiger partial charge in [0, 0.05) is 55.0 Å². The van der Waals surface area contributed by atoms with Crippen LogP contribution >= 0.6 is 0 Å². The fourth-order valence-corrected chi connectivity index (χ4v) is 4.16. The first-order valence-electron chi connectivity index (χ1n) is 10.7. The lowest BCUT2D eigenvalue weighted by molar-refractivity contribution is 0.102. The standard InChI is InChI=1S/C26H26N4O/c31-26(25-18-21-8-4-5-9-24(21)28-25)27-22-10-12-23(13-11-22)30-16-14-29(15-17-30)19-20-6-2-1-3-7-20/h1-13,18,28H,14-17,19H2,(H,27,31). The minimum Gasteiger partial charge on any atom is -0.369 e. The van der Waals surface area contributed by atoms with Crippen LogP contribution in [0.2, 0.25) is 0 Å². The average Bonchev–Trinajstić information content (AvgIpc) is 3.26. The third-order valence-electron chi connectivity index (χ3n) is 5.89. The van der Waals surface area contributed by atoms with E-state index in [0.717, 1.165) is 49.3 Å². The van der Waals surface area contributed by atoms with E-state index in [2.05, 4.69) is 62.6 Å². The van der Waals surface area contributed by atoms with Gasteiger partial charge in [0.25, 0.3) is 5.91 Å². The number of aromatic amines is 1. The van der Waals surface area contributed by atoms with Crippen LogP contribution in [-0.2, 0) is 6.54 Å². The highest BCUT2D eigenvalue weighted by atomic mass is 16.1. The number of carbonyl (C=O) groups is 1. The highest BCUT2D eigenvalue weighted by Gasteiger charge is 2.17. The number of rotatable bonds is 5. The van der Waals surface area contributed by atoms with Gasteiger partial charge in [-0.05, 0) is 42.0 Å². The molecule has 3 aromatic carbocycles. The molecule has 1 fully saturated rings. The highest BCUT2D eigenvalue weighted by molar-refractivity contribution is 6.05. The minimum absolute atomic E-state index is 0.126. The van der Waals surface area contributed by atoms with Crippen LogP contribution in [0.3, 0.4) is 0 Å². The van der Waals surface area contributed by atoms with Crippen molar-refractivity contribution in [2.24, 2.45) is 0 Å². The molecule has 1 aromatic heterocycles. The molecule has 0 saturated carbocycles. The fraction of sp³-hybridized carbons (Fsp3) is 0.192. The fourth-order valence-electron chi connectivity index (χ4n) is 4.16. The second-order valence-corrected chi connectivity index (χ2v) is 8.02. The predicted octanol–water partition coefficient (Wildman–Crippen LogP) is 4.74. The zero-order valence-electron chi connectivity index (χ0n) is 17.4. The first-order valence-corrected chi connectivity index (χ1v) is 10.7. The number of anilines is 2. The molecule has 2 heterocycles. The number of nitrogens with one attached hydrogen (secondary N) is 2. The van der Waals surface area contributed by atoms with Crippen LogP contribution < -0.4 is 10.2 Å². The molecule has 1 saturated heterocycles. The molecule has 0 spiro atoms. The highest BCUT2D eigenvalue weighted by Crippen LogP contribution is 2.21.